The number of benzene rings is 2. The van der Waals surface area contributed by atoms with Crippen molar-refractivity contribution in [2.24, 2.45) is 16.7 Å². The first-order valence-electron chi connectivity index (χ1n) is 11.8. The summed E-state index contributed by atoms with van der Waals surface area (Å²) in [4.78, 5) is 26.8. The molecule has 0 heterocycles. The summed E-state index contributed by atoms with van der Waals surface area (Å²) in [6.07, 6.45) is 6.30. The zero-order chi connectivity index (χ0) is 23.5. The second-order valence-electron chi connectivity index (χ2n) is 10.4. The number of ketones is 1. The minimum absolute atomic E-state index is 0.0110. The fourth-order valence-corrected chi connectivity index (χ4v) is 4.59. The Balaban J connectivity index is 1.90. The predicted molar refractivity (Wildman–Crippen MR) is 130 cm³/mol. The van der Waals surface area contributed by atoms with E-state index in [1.54, 1.807) is 6.07 Å². The van der Waals surface area contributed by atoms with Crippen LogP contribution in [0.3, 0.4) is 0 Å². The Morgan fingerprint density at radius 2 is 1.66 bits per heavy atom. The fraction of sp³-hybridized carbons (Fsp3) is 0.500. The summed E-state index contributed by atoms with van der Waals surface area (Å²) in [5.41, 5.74) is 1.73. The number of aryl methyl sites for hydroxylation is 1. The molecule has 0 bridgehead atoms. The summed E-state index contributed by atoms with van der Waals surface area (Å²) in [5.74, 6) is 0.310. The van der Waals surface area contributed by atoms with Crippen LogP contribution in [0.25, 0.3) is 0 Å². The normalized spacial score (nSPS) is 15.8. The number of unbranched alkanes of at least 4 members (excludes halogenated alkanes) is 1. The molecule has 1 atom stereocenters. The van der Waals surface area contributed by atoms with Crippen LogP contribution in [0.4, 0.5) is 5.69 Å². The Hall–Kier alpha value is -2.62. The van der Waals surface area contributed by atoms with Gasteiger partial charge in [-0.2, -0.15) is 0 Å². The summed E-state index contributed by atoms with van der Waals surface area (Å²) in [7, 11) is 0. The maximum atomic E-state index is 13.9. The Morgan fingerprint density at radius 1 is 1.03 bits per heavy atom. The van der Waals surface area contributed by atoms with Crippen molar-refractivity contribution in [3.8, 4) is 5.75 Å². The molecule has 0 aromatic heterocycles. The first-order chi connectivity index (χ1) is 15.1. The summed E-state index contributed by atoms with van der Waals surface area (Å²) in [5, 5.41) is 13.2. The third-order valence-electron chi connectivity index (χ3n) is 7.27. The highest BCUT2D eigenvalue weighted by atomic mass is 16.3. The molecule has 1 amide bonds. The molecule has 1 aliphatic carbocycles. The van der Waals surface area contributed by atoms with Gasteiger partial charge in [-0.3, -0.25) is 9.59 Å². The average molecular weight is 436 g/mol. The van der Waals surface area contributed by atoms with E-state index in [4.69, 9.17) is 0 Å². The van der Waals surface area contributed by atoms with E-state index < -0.39 is 5.41 Å². The topological polar surface area (TPSA) is 66.4 Å². The van der Waals surface area contributed by atoms with Crippen LogP contribution in [0.5, 0.6) is 5.75 Å². The Morgan fingerprint density at radius 3 is 2.25 bits per heavy atom. The lowest BCUT2D eigenvalue weighted by molar-refractivity contribution is 0.0409. The van der Waals surface area contributed by atoms with E-state index in [9.17, 15) is 14.7 Å². The molecule has 32 heavy (non-hydrogen) atoms. The van der Waals surface area contributed by atoms with Crippen molar-refractivity contribution in [1.29, 1.82) is 0 Å². The molecular weight excluding hydrogens is 398 g/mol. The van der Waals surface area contributed by atoms with Crippen LogP contribution in [-0.2, 0) is 0 Å². The number of phenols is 1. The monoisotopic (exact) mass is 435 g/mol. The molecule has 1 fully saturated rings. The summed E-state index contributed by atoms with van der Waals surface area (Å²) < 4.78 is 0. The van der Waals surface area contributed by atoms with Gasteiger partial charge in [0, 0.05) is 22.2 Å². The molecule has 2 aromatic carbocycles. The van der Waals surface area contributed by atoms with E-state index >= 15 is 0 Å². The van der Waals surface area contributed by atoms with Crippen LogP contribution >= 0.6 is 0 Å². The average Bonchev–Trinajstić information content (AvgIpc) is 3.55. The van der Waals surface area contributed by atoms with Crippen molar-refractivity contribution in [2.45, 2.75) is 73.1 Å². The quantitative estimate of drug-likeness (QED) is 0.389. The van der Waals surface area contributed by atoms with Crippen molar-refractivity contribution < 1.29 is 14.7 Å². The smallest absolute Gasteiger partial charge is 0.255 e. The number of hydrogen-bond acceptors (Lipinski definition) is 3. The number of rotatable bonds is 10. The highest BCUT2D eigenvalue weighted by Crippen LogP contribution is 2.52. The molecule has 4 nitrogen and oxygen atoms in total. The number of phenolic OH excluding ortho intramolecular Hbond substituents is 1. The maximum Gasteiger partial charge on any atom is 0.255 e. The van der Waals surface area contributed by atoms with Crippen molar-refractivity contribution in [3.63, 3.8) is 0 Å². The molecule has 1 aliphatic rings. The van der Waals surface area contributed by atoms with Crippen LogP contribution in [0, 0.1) is 23.7 Å². The van der Waals surface area contributed by atoms with Crippen molar-refractivity contribution in [1.82, 2.24) is 0 Å². The Bertz CT molecular complexity index is 973. The fourth-order valence-electron chi connectivity index (χ4n) is 4.59. The first kappa shape index (κ1) is 24.0. The van der Waals surface area contributed by atoms with Crippen molar-refractivity contribution in [3.05, 3.63) is 59.2 Å². The van der Waals surface area contributed by atoms with Crippen LogP contribution in [0.2, 0.25) is 0 Å². The van der Waals surface area contributed by atoms with E-state index in [1.807, 2.05) is 31.2 Å². The molecule has 2 N–H and O–H groups in total. The zero-order valence-electron chi connectivity index (χ0n) is 20.1. The summed E-state index contributed by atoms with van der Waals surface area (Å²) >= 11 is 0. The molecule has 1 unspecified atom stereocenters. The molecule has 1 saturated carbocycles. The Kier molecular flexibility index (Phi) is 7.12. The van der Waals surface area contributed by atoms with Gasteiger partial charge in [0.25, 0.3) is 5.91 Å². The minimum Gasteiger partial charge on any atom is -0.508 e. The highest BCUT2D eigenvalue weighted by Gasteiger charge is 2.48. The van der Waals surface area contributed by atoms with Gasteiger partial charge in [0.15, 0.2) is 5.78 Å². The molecule has 0 aliphatic heterocycles. The maximum absolute atomic E-state index is 13.9. The third kappa shape index (κ3) is 5.40. The number of carbonyl (C=O) groups excluding carboxylic acids is 2. The van der Waals surface area contributed by atoms with Gasteiger partial charge < -0.3 is 10.4 Å². The second kappa shape index (κ2) is 9.48. The zero-order valence-corrected chi connectivity index (χ0v) is 20.1. The molecule has 2 aromatic rings. The lowest BCUT2D eigenvalue weighted by Gasteiger charge is -2.44. The van der Waals surface area contributed by atoms with Gasteiger partial charge in [0.2, 0.25) is 0 Å². The number of Topliss-reactive ketones (excluding diaryl/α,β-unsaturated/α-hetero) is 1. The first-order valence-corrected chi connectivity index (χ1v) is 11.8. The number of hydrogen-bond donors (Lipinski definition) is 2. The number of aromatic hydroxyl groups is 1. The summed E-state index contributed by atoms with van der Waals surface area (Å²) in [6, 6.07) is 12.1. The van der Waals surface area contributed by atoms with Crippen LogP contribution in [0.1, 0.15) is 92.5 Å². The molecule has 0 spiro atoms. The Labute approximate surface area is 192 Å². The van der Waals surface area contributed by atoms with Crippen LogP contribution < -0.4 is 5.32 Å². The standard InChI is InChI=1S/C28H37NO3/c1-6-7-14-28(5,27(3,4)18-20-10-11-20)25(31)21-15-22(17-24(30)16-21)26(32)29-23-12-8-19(2)9-13-23/h8-9,12-13,15-17,20,30H,6-7,10-11,14,18H2,1-5H3,(H,29,32). The number of amides is 1. The van der Waals surface area contributed by atoms with Gasteiger partial charge in [-0.25, -0.2) is 0 Å². The largest absolute Gasteiger partial charge is 0.508 e. The van der Waals surface area contributed by atoms with Gasteiger partial charge in [0.05, 0.1) is 0 Å². The predicted octanol–water partition coefficient (Wildman–Crippen LogP) is 7.16. The van der Waals surface area contributed by atoms with Gasteiger partial charge in [-0.15, -0.1) is 0 Å². The highest BCUT2D eigenvalue weighted by molar-refractivity contribution is 6.08. The van der Waals surface area contributed by atoms with Crippen LogP contribution in [0.15, 0.2) is 42.5 Å². The number of nitrogens with one attached hydrogen (secondary N) is 1. The molecule has 172 valence electrons. The molecule has 0 saturated heterocycles. The number of carbonyl (C=O) groups is 2. The van der Waals surface area contributed by atoms with E-state index in [2.05, 4.69) is 33.0 Å². The van der Waals surface area contributed by atoms with Gasteiger partial charge in [-0.05, 0) is 61.4 Å². The van der Waals surface area contributed by atoms with Crippen LogP contribution in [-0.4, -0.2) is 16.8 Å². The van der Waals surface area contributed by atoms with E-state index in [-0.39, 0.29) is 28.4 Å². The molecule has 4 heteroatoms. The molecular formula is C28H37NO3. The lowest BCUT2D eigenvalue weighted by atomic mass is 9.58. The third-order valence-corrected chi connectivity index (χ3v) is 7.27. The van der Waals surface area contributed by atoms with Crippen molar-refractivity contribution in [2.75, 3.05) is 5.32 Å². The van der Waals surface area contributed by atoms with Gasteiger partial charge >= 0.3 is 0 Å². The number of anilines is 1. The van der Waals surface area contributed by atoms with Gasteiger partial charge in [0.1, 0.15) is 5.75 Å². The van der Waals surface area contributed by atoms with Gasteiger partial charge in [-0.1, -0.05) is 71.1 Å². The minimum atomic E-state index is -0.565. The van der Waals surface area contributed by atoms with E-state index in [1.165, 1.54) is 25.0 Å². The van der Waals surface area contributed by atoms with Crippen molar-refractivity contribution >= 4 is 17.4 Å². The second-order valence-corrected chi connectivity index (χ2v) is 10.4. The lowest BCUT2D eigenvalue weighted by Crippen LogP contribution is -2.42. The molecule has 3 rings (SSSR count). The summed E-state index contributed by atoms with van der Waals surface area (Å²) in [6.45, 7) is 10.6. The molecule has 0 radical (unpaired) electrons. The van der Waals surface area contributed by atoms with E-state index in [0.717, 1.165) is 31.2 Å². The van der Waals surface area contributed by atoms with E-state index in [0.29, 0.717) is 17.2 Å². The SMILES string of the molecule is CCCCC(C)(C(=O)c1cc(O)cc(C(=O)Nc2ccc(C)cc2)c1)C(C)(C)CC1CC1.